The third kappa shape index (κ3) is 3.48. The number of nitriles is 1. The summed E-state index contributed by atoms with van der Waals surface area (Å²) in [6, 6.07) is 12.2. The Balaban J connectivity index is 1.65. The van der Waals surface area contributed by atoms with E-state index < -0.39 is 10.0 Å². The van der Waals surface area contributed by atoms with Gasteiger partial charge in [-0.1, -0.05) is 0 Å². The second kappa shape index (κ2) is 6.47. The van der Waals surface area contributed by atoms with Crippen LogP contribution >= 0.6 is 0 Å². The first-order chi connectivity index (χ1) is 11.5. The molecule has 7 nitrogen and oxygen atoms in total. The van der Waals surface area contributed by atoms with Gasteiger partial charge < -0.3 is 9.80 Å². The number of nitrogens with zero attached hydrogens (tertiary/aromatic N) is 4. The zero-order valence-electron chi connectivity index (χ0n) is 13.0. The maximum Gasteiger partial charge on any atom is 0.238 e. The Kier molecular flexibility index (Phi) is 4.38. The van der Waals surface area contributed by atoms with Crippen LogP contribution in [0.1, 0.15) is 5.69 Å². The quantitative estimate of drug-likeness (QED) is 0.889. The lowest BCUT2D eigenvalue weighted by molar-refractivity contribution is 0.597. The Morgan fingerprint density at radius 1 is 0.958 bits per heavy atom. The summed E-state index contributed by atoms with van der Waals surface area (Å²) in [5.74, 6) is 0. The number of rotatable bonds is 3. The molecular formula is C16H17N5O2S. The van der Waals surface area contributed by atoms with Crippen LogP contribution in [0, 0.1) is 11.3 Å². The lowest BCUT2D eigenvalue weighted by Crippen LogP contribution is -2.46. The molecule has 0 bridgehead atoms. The maximum absolute atomic E-state index is 11.3. The summed E-state index contributed by atoms with van der Waals surface area (Å²) in [5, 5.41) is 13.9. The van der Waals surface area contributed by atoms with E-state index in [-0.39, 0.29) is 4.90 Å². The SMILES string of the molecule is N#Cc1ccc(N2CCN(c3ccc(S(N)(=O)=O)cc3)CC2)cn1. The van der Waals surface area contributed by atoms with Gasteiger partial charge in [-0.05, 0) is 36.4 Å². The van der Waals surface area contributed by atoms with Gasteiger partial charge in [0.15, 0.2) is 0 Å². The van der Waals surface area contributed by atoms with E-state index in [9.17, 15) is 8.42 Å². The Labute approximate surface area is 141 Å². The fraction of sp³-hybridized carbons (Fsp3) is 0.250. The molecule has 1 saturated heterocycles. The van der Waals surface area contributed by atoms with Crippen LogP contribution in [-0.4, -0.2) is 39.6 Å². The van der Waals surface area contributed by atoms with Crippen molar-refractivity contribution in [1.29, 1.82) is 5.26 Å². The molecule has 1 aliphatic rings. The third-order valence-corrected chi connectivity index (χ3v) is 4.97. The van der Waals surface area contributed by atoms with Crippen LogP contribution in [-0.2, 0) is 10.0 Å². The topological polar surface area (TPSA) is 103 Å². The molecule has 1 fully saturated rings. The predicted molar refractivity (Wildman–Crippen MR) is 91.2 cm³/mol. The first kappa shape index (κ1) is 16.2. The highest BCUT2D eigenvalue weighted by Gasteiger charge is 2.18. The molecule has 2 aromatic rings. The molecule has 2 heterocycles. The van der Waals surface area contributed by atoms with E-state index >= 15 is 0 Å². The highest BCUT2D eigenvalue weighted by atomic mass is 32.2. The maximum atomic E-state index is 11.3. The molecule has 8 heteroatoms. The minimum absolute atomic E-state index is 0.119. The molecule has 1 aromatic carbocycles. The number of pyridine rings is 1. The van der Waals surface area contributed by atoms with Crippen LogP contribution in [0.25, 0.3) is 0 Å². The average molecular weight is 343 g/mol. The number of nitrogens with two attached hydrogens (primary N) is 1. The summed E-state index contributed by atoms with van der Waals surface area (Å²) in [7, 11) is -3.66. The van der Waals surface area contributed by atoms with Crippen molar-refractivity contribution in [1.82, 2.24) is 4.98 Å². The fourth-order valence-electron chi connectivity index (χ4n) is 2.71. The highest BCUT2D eigenvalue weighted by Crippen LogP contribution is 2.21. The van der Waals surface area contributed by atoms with Crippen LogP contribution in [0.4, 0.5) is 11.4 Å². The van der Waals surface area contributed by atoms with E-state index in [2.05, 4.69) is 14.8 Å². The van der Waals surface area contributed by atoms with Crippen molar-refractivity contribution < 1.29 is 8.42 Å². The van der Waals surface area contributed by atoms with Crippen LogP contribution in [0.15, 0.2) is 47.5 Å². The van der Waals surface area contributed by atoms with Gasteiger partial charge in [-0.2, -0.15) is 5.26 Å². The number of aromatic nitrogens is 1. The molecular weight excluding hydrogens is 326 g/mol. The minimum atomic E-state index is -3.66. The third-order valence-electron chi connectivity index (χ3n) is 4.04. The standard InChI is InChI=1S/C16H17N5O2S/c17-11-13-1-2-15(12-19-13)21-9-7-20(8-10-21)14-3-5-16(6-4-14)24(18,22)23/h1-6,12H,7-10H2,(H2,18,22,23). The molecule has 1 aliphatic heterocycles. The summed E-state index contributed by atoms with van der Waals surface area (Å²) >= 11 is 0. The Bertz CT molecular complexity index is 849. The molecule has 0 amide bonds. The second-order valence-corrected chi connectivity index (χ2v) is 7.09. The average Bonchev–Trinajstić information content (AvgIpc) is 2.61. The van der Waals surface area contributed by atoms with Gasteiger partial charge in [-0.15, -0.1) is 0 Å². The van der Waals surface area contributed by atoms with Gasteiger partial charge in [0.25, 0.3) is 0 Å². The van der Waals surface area contributed by atoms with Crippen molar-refractivity contribution in [3.05, 3.63) is 48.3 Å². The van der Waals surface area contributed by atoms with Crippen molar-refractivity contribution >= 4 is 21.4 Å². The van der Waals surface area contributed by atoms with Crippen LogP contribution in [0.5, 0.6) is 0 Å². The number of piperazine rings is 1. The smallest absolute Gasteiger partial charge is 0.238 e. The van der Waals surface area contributed by atoms with Crippen LogP contribution in [0.2, 0.25) is 0 Å². The number of hydrogen-bond acceptors (Lipinski definition) is 6. The molecule has 1 aromatic heterocycles. The largest absolute Gasteiger partial charge is 0.368 e. The van der Waals surface area contributed by atoms with Gasteiger partial charge in [0, 0.05) is 31.9 Å². The zero-order valence-corrected chi connectivity index (χ0v) is 13.8. The van der Waals surface area contributed by atoms with E-state index in [1.807, 2.05) is 12.1 Å². The van der Waals surface area contributed by atoms with Gasteiger partial charge in [0.1, 0.15) is 11.8 Å². The normalized spacial score (nSPS) is 15.2. The molecule has 124 valence electrons. The van der Waals surface area contributed by atoms with E-state index in [1.165, 1.54) is 12.1 Å². The van der Waals surface area contributed by atoms with Crippen molar-refractivity contribution in [2.75, 3.05) is 36.0 Å². The second-order valence-electron chi connectivity index (χ2n) is 5.53. The number of hydrogen-bond donors (Lipinski definition) is 1. The molecule has 0 unspecified atom stereocenters. The molecule has 2 N–H and O–H groups in total. The molecule has 24 heavy (non-hydrogen) atoms. The van der Waals surface area contributed by atoms with Crippen molar-refractivity contribution in [2.24, 2.45) is 5.14 Å². The monoisotopic (exact) mass is 343 g/mol. The predicted octanol–water partition coefficient (Wildman–Crippen LogP) is 0.927. The summed E-state index contributed by atoms with van der Waals surface area (Å²) in [4.78, 5) is 8.62. The highest BCUT2D eigenvalue weighted by molar-refractivity contribution is 7.89. The molecule has 3 rings (SSSR count). The first-order valence-electron chi connectivity index (χ1n) is 7.46. The summed E-state index contributed by atoms with van der Waals surface area (Å²) in [6.07, 6.45) is 1.72. The number of anilines is 2. The van der Waals surface area contributed by atoms with Gasteiger partial charge in [0.2, 0.25) is 10.0 Å². The van der Waals surface area contributed by atoms with E-state index in [0.29, 0.717) is 5.69 Å². The lowest BCUT2D eigenvalue weighted by atomic mass is 10.2. The number of primary sulfonamides is 1. The summed E-state index contributed by atoms with van der Waals surface area (Å²) in [5.41, 5.74) is 2.38. The fourth-order valence-corrected chi connectivity index (χ4v) is 3.22. The van der Waals surface area contributed by atoms with Gasteiger partial charge in [0.05, 0.1) is 16.8 Å². The molecule has 0 atom stereocenters. The van der Waals surface area contributed by atoms with Gasteiger partial charge >= 0.3 is 0 Å². The van der Waals surface area contributed by atoms with Gasteiger partial charge in [-0.3, -0.25) is 0 Å². The minimum Gasteiger partial charge on any atom is -0.368 e. The molecule has 0 spiro atoms. The zero-order chi connectivity index (χ0) is 17.2. The molecule has 0 aliphatic carbocycles. The number of benzene rings is 1. The van der Waals surface area contributed by atoms with Crippen LogP contribution < -0.4 is 14.9 Å². The Morgan fingerprint density at radius 3 is 1.96 bits per heavy atom. The van der Waals surface area contributed by atoms with Crippen LogP contribution in [0.3, 0.4) is 0 Å². The Hall–Kier alpha value is -2.63. The Morgan fingerprint density at radius 2 is 1.50 bits per heavy atom. The molecule has 0 saturated carbocycles. The van der Waals surface area contributed by atoms with Gasteiger partial charge in [-0.25, -0.2) is 18.5 Å². The van der Waals surface area contributed by atoms with Crippen molar-refractivity contribution in [2.45, 2.75) is 4.90 Å². The van der Waals surface area contributed by atoms with E-state index in [1.54, 1.807) is 24.4 Å². The van der Waals surface area contributed by atoms with E-state index in [4.69, 9.17) is 10.4 Å². The molecule has 0 radical (unpaired) electrons. The van der Waals surface area contributed by atoms with Crippen molar-refractivity contribution in [3.8, 4) is 6.07 Å². The van der Waals surface area contributed by atoms with Crippen molar-refractivity contribution in [3.63, 3.8) is 0 Å². The summed E-state index contributed by atoms with van der Waals surface area (Å²) in [6.45, 7) is 3.28. The summed E-state index contributed by atoms with van der Waals surface area (Å²) < 4.78 is 22.6. The lowest BCUT2D eigenvalue weighted by Gasteiger charge is -2.37. The number of sulfonamides is 1. The first-order valence-corrected chi connectivity index (χ1v) is 9.01. The van der Waals surface area contributed by atoms with E-state index in [0.717, 1.165) is 37.6 Å².